The summed E-state index contributed by atoms with van der Waals surface area (Å²) in [7, 11) is 0. The maximum absolute atomic E-state index is 10.3. The molecule has 4 saturated carbocycles. The number of aliphatic hydroxyl groups excluding tert-OH is 1. The maximum Gasteiger partial charge on any atom is 0.174 e. The van der Waals surface area contributed by atoms with Crippen LogP contribution >= 0.6 is 0 Å². The minimum absolute atomic E-state index is 0.176. The van der Waals surface area contributed by atoms with Crippen molar-refractivity contribution in [2.24, 2.45) is 46.3 Å². The average Bonchev–Trinajstić information content (AvgIpc) is 3.22. The van der Waals surface area contributed by atoms with Crippen molar-refractivity contribution in [3.8, 4) is 0 Å². The monoisotopic (exact) mass is 362 g/mol. The Morgan fingerprint density at radius 2 is 1.62 bits per heavy atom. The molecule has 8 atom stereocenters. The molecule has 5 fully saturated rings. The Kier molecular flexibility index (Phi) is 4.10. The van der Waals surface area contributed by atoms with Crippen LogP contribution in [0.1, 0.15) is 72.1 Å². The van der Waals surface area contributed by atoms with E-state index in [1.165, 1.54) is 44.9 Å². The van der Waals surface area contributed by atoms with E-state index < -0.39 is 0 Å². The molecule has 0 aromatic rings. The van der Waals surface area contributed by atoms with E-state index in [0.717, 1.165) is 43.3 Å². The highest BCUT2D eigenvalue weighted by Crippen LogP contribution is 2.70. The molecule has 3 heteroatoms. The van der Waals surface area contributed by atoms with E-state index in [9.17, 15) is 5.11 Å². The third-order valence-corrected chi connectivity index (χ3v) is 10.1. The van der Waals surface area contributed by atoms with Crippen LogP contribution in [0.4, 0.5) is 0 Å². The predicted octanol–water partition coefficient (Wildman–Crippen LogP) is 4.63. The zero-order chi connectivity index (χ0) is 18.2. The minimum atomic E-state index is -0.295. The van der Waals surface area contributed by atoms with E-state index >= 15 is 0 Å². The van der Waals surface area contributed by atoms with Gasteiger partial charge in [0.15, 0.2) is 5.79 Å². The van der Waals surface area contributed by atoms with Crippen LogP contribution in [0.15, 0.2) is 0 Å². The maximum atomic E-state index is 10.3. The third kappa shape index (κ3) is 2.17. The molecular weight excluding hydrogens is 324 g/mol. The molecule has 4 aliphatic carbocycles. The van der Waals surface area contributed by atoms with Crippen molar-refractivity contribution in [3.63, 3.8) is 0 Å². The summed E-state index contributed by atoms with van der Waals surface area (Å²) in [6.07, 6.45) is 10.3. The van der Waals surface area contributed by atoms with Crippen LogP contribution in [0, 0.1) is 46.3 Å². The van der Waals surface area contributed by atoms with Crippen molar-refractivity contribution in [1.82, 2.24) is 0 Å². The smallest absolute Gasteiger partial charge is 0.174 e. The molecule has 0 aromatic heterocycles. The average molecular weight is 363 g/mol. The Balaban J connectivity index is 1.49. The van der Waals surface area contributed by atoms with Crippen LogP contribution in [0.25, 0.3) is 0 Å². The van der Waals surface area contributed by atoms with Crippen molar-refractivity contribution >= 4 is 0 Å². The lowest BCUT2D eigenvalue weighted by atomic mass is 9.42. The zero-order valence-corrected chi connectivity index (χ0v) is 17.0. The standard InChI is InChI=1S/C23H38O3/c1-15-4-7-21(2)18-5-8-22(3)19(6-9-23(22)25-10-11-26-23)17(18)13-16(14-24)20(21)12-15/h15-20,24H,4-14H2,1-3H3/t15-,16-,17+,18-,19-,20+,21+,22-/m0/s1. The molecule has 5 rings (SSSR count). The number of rotatable bonds is 1. The van der Waals surface area contributed by atoms with Gasteiger partial charge in [0.25, 0.3) is 0 Å². The first kappa shape index (κ1) is 17.9. The summed E-state index contributed by atoms with van der Waals surface area (Å²) in [5.74, 6) is 4.10. The topological polar surface area (TPSA) is 38.7 Å². The molecule has 0 bridgehead atoms. The molecule has 0 radical (unpaired) electrons. The minimum Gasteiger partial charge on any atom is -0.396 e. The van der Waals surface area contributed by atoms with Gasteiger partial charge in [0.1, 0.15) is 0 Å². The summed E-state index contributed by atoms with van der Waals surface area (Å²) in [5, 5.41) is 10.3. The van der Waals surface area contributed by atoms with Crippen LogP contribution in [0.5, 0.6) is 0 Å². The van der Waals surface area contributed by atoms with Crippen LogP contribution in [0.3, 0.4) is 0 Å². The van der Waals surface area contributed by atoms with Crippen LogP contribution < -0.4 is 0 Å². The van der Waals surface area contributed by atoms with Gasteiger partial charge >= 0.3 is 0 Å². The van der Waals surface area contributed by atoms with E-state index in [1.807, 2.05) is 0 Å². The van der Waals surface area contributed by atoms with Crippen LogP contribution in [-0.2, 0) is 9.47 Å². The van der Waals surface area contributed by atoms with Gasteiger partial charge in [0.05, 0.1) is 13.2 Å². The zero-order valence-electron chi connectivity index (χ0n) is 17.0. The van der Waals surface area contributed by atoms with Gasteiger partial charge in [-0.05, 0) is 79.4 Å². The van der Waals surface area contributed by atoms with Crippen LogP contribution in [-0.4, -0.2) is 30.7 Å². The van der Waals surface area contributed by atoms with Crippen molar-refractivity contribution < 1.29 is 14.6 Å². The predicted molar refractivity (Wildman–Crippen MR) is 101 cm³/mol. The first-order valence-corrected chi connectivity index (χ1v) is 11.3. The first-order valence-electron chi connectivity index (χ1n) is 11.3. The molecule has 0 amide bonds. The first-order chi connectivity index (χ1) is 12.4. The lowest BCUT2D eigenvalue weighted by Gasteiger charge is -2.63. The van der Waals surface area contributed by atoms with Gasteiger partial charge in [-0.3, -0.25) is 0 Å². The number of hydrogen-bond donors (Lipinski definition) is 1. The summed E-state index contributed by atoms with van der Waals surface area (Å²) < 4.78 is 12.6. The molecule has 1 heterocycles. The Labute approximate surface area is 159 Å². The van der Waals surface area contributed by atoms with E-state index in [1.54, 1.807) is 0 Å². The van der Waals surface area contributed by atoms with Gasteiger partial charge in [0.2, 0.25) is 0 Å². The normalized spacial score (nSPS) is 55.4. The molecule has 148 valence electrons. The molecule has 0 unspecified atom stereocenters. The van der Waals surface area contributed by atoms with Crippen molar-refractivity contribution in [3.05, 3.63) is 0 Å². The summed E-state index contributed by atoms with van der Waals surface area (Å²) in [5.41, 5.74) is 0.618. The highest BCUT2D eigenvalue weighted by atomic mass is 16.7. The van der Waals surface area contributed by atoms with Gasteiger partial charge in [-0.1, -0.05) is 27.2 Å². The fourth-order valence-corrected chi connectivity index (χ4v) is 8.79. The van der Waals surface area contributed by atoms with Gasteiger partial charge in [-0.25, -0.2) is 0 Å². The van der Waals surface area contributed by atoms with Gasteiger partial charge < -0.3 is 14.6 Å². The molecule has 1 N–H and O–H groups in total. The Morgan fingerprint density at radius 3 is 2.35 bits per heavy atom. The van der Waals surface area contributed by atoms with Gasteiger partial charge in [0, 0.05) is 18.4 Å². The van der Waals surface area contributed by atoms with E-state index in [2.05, 4.69) is 20.8 Å². The molecular formula is C23H38O3. The lowest BCUT2D eigenvalue weighted by Crippen LogP contribution is -2.59. The van der Waals surface area contributed by atoms with Crippen molar-refractivity contribution in [2.75, 3.05) is 19.8 Å². The Morgan fingerprint density at radius 1 is 0.885 bits per heavy atom. The molecule has 1 aliphatic heterocycles. The van der Waals surface area contributed by atoms with Crippen LogP contribution in [0.2, 0.25) is 0 Å². The Hall–Kier alpha value is -0.120. The SMILES string of the molecule is C[C@H]1CC[C@@]2(C)[C@H](C1)[C@H](CO)C[C@@H]1[C@@H]2CC[C@@]2(C)[C@H]1CCC21OCCO1. The van der Waals surface area contributed by atoms with Gasteiger partial charge in [-0.15, -0.1) is 0 Å². The molecule has 1 spiro atoms. The summed E-state index contributed by atoms with van der Waals surface area (Å²) in [6, 6.07) is 0. The molecule has 0 aromatic carbocycles. The number of aliphatic hydroxyl groups is 1. The third-order valence-electron chi connectivity index (χ3n) is 10.1. The van der Waals surface area contributed by atoms with Crippen molar-refractivity contribution in [2.45, 2.75) is 77.9 Å². The highest BCUT2D eigenvalue weighted by molar-refractivity contribution is 5.13. The fraction of sp³-hybridized carbons (Fsp3) is 1.00. The molecule has 1 saturated heterocycles. The highest BCUT2D eigenvalue weighted by Gasteiger charge is 2.68. The quantitative estimate of drug-likeness (QED) is 0.739. The van der Waals surface area contributed by atoms with E-state index in [4.69, 9.17) is 9.47 Å². The summed E-state index contributed by atoms with van der Waals surface area (Å²) in [6.45, 7) is 9.42. The summed E-state index contributed by atoms with van der Waals surface area (Å²) >= 11 is 0. The van der Waals surface area contributed by atoms with E-state index in [0.29, 0.717) is 23.9 Å². The fourth-order valence-electron chi connectivity index (χ4n) is 8.79. The molecule has 26 heavy (non-hydrogen) atoms. The van der Waals surface area contributed by atoms with E-state index in [-0.39, 0.29) is 11.2 Å². The number of hydrogen-bond acceptors (Lipinski definition) is 3. The number of fused-ring (bicyclic) bond motifs is 6. The largest absolute Gasteiger partial charge is 0.396 e. The molecule has 3 nitrogen and oxygen atoms in total. The van der Waals surface area contributed by atoms with Crippen molar-refractivity contribution in [1.29, 1.82) is 0 Å². The second-order valence-corrected chi connectivity index (χ2v) is 11.0. The Bertz CT molecular complexity index is 556. The second kappa shape index (κ2) is 5.94. The molecule has 5 aliphatic rings. The van der Waals surface area contributed by atoms with Gasteiger partial charge in [-0.2, -0.15) is 0 Å². The summed E-state index contributed by atoms with van der Waals surface area (Å²) in [4.78, 5) is 0. The second-order valence-electron chi connectivity index (χ2n) is 11.0. The lowest BCUT2D eigenvalue weighted by molar-refractivity contribution is -0.250. The number of ether oxygens (including phenoxy) is 2.